The van der Waals surface area contributed by atoms with Gasteiger partial charge in [0.15, 0.2) is 0 Å². The van der Waals surface area contributed by atoms with Gasteiger partial charge in [0.05, 0.1) is 27.0 Å². The number of ether oxygens (including phenoxy) is 3. The Kier molecular flexibility index (Phi) is 4.88. The lowest BCUT2D eigenvalue weighted by atomic mass is 10.1. The zero-order valence-electron chi connectivity index (χ0n) is 13.1. The van der Waals surface area contributed by atoms with Crippen molar-refractivity contribution < 1.29 is 19.0 Å². The molecule has 116 valence electrons. The van der Waals surface area contributed by atoms with Gasteiger partial charge in [-0.3, -0.25) is 4.79 Å². The number of benzene rings is 2. The van der Waals surface area contributed by atoms with Crippen LogP contribution in [-0.4, -0.2) is 27.2 Å². The van der Waals surface area contributed by atoms with Crippen LogP contribution in [0.4, 0.5) is 5.69 Å². The lowest BCUT2D eigenvalue weighted by Crippen LogP contribution is -2.13. The van der Waals surface area contributed by atoms with Crippen molar-refractivity contribution in [1.82, 2.24) is 0 Å². The minimum absolute atomic E-state index is 0.217. The quantitative estimate of drug-likeness (QED) is 0.921. The summed E-state index contributed by atoms with van der Waals surface area (Å²) in [5.41, 5.74) is 1.97. The molecule has 1 N–H and O–H groups in total. The molecule has 2 aromatic rings. The minimum atomic E-state index is -0.217. The van der Waals surface area contributed by atoms with Gasteiger partial charge in [0.1, 0.15) is 17.2 Å². The second-order valence-electron chi connectivity index (χ2n) is 4.66. The van der Waals surface area contributed by atoms with E-state index in [2.05, 4.69) is 5.32 Å². The Morgan fingerprint density at radius 2 is 1.59 bits per heavy atom. The van der Waals surface area contributed by atoms with Crippen LogP contribution in [0, 0.1) is 6.92 Å². The molecule has 0 aliphatic heterocycles. The molecule has 5 nitrogen and oxygen atoms in total. The monoisotopic (exact) mass is 301 g/mol. The highest BCUT2D eigenvalue weighted by Gasteiger charge is 2.14. The van der Waals surface area contributed by atoms with Crippen molar-refractivity contribution in [3.05, 3.63) is 47.5 Å². The molecule has 5 heteroatoms. The molecule has 0 radical (unpaired) electrons. The Balaban J connectivity index is 2.25. The maximum absolute atomic E-state index is 12.3. The first-order valence-corrected chi connectivity index (χ1v) is 6.77. The summed E-state index contributed by atoms with van der Waals surface area (Å²) < 4.78 is 15.7. The van der Waals surface area contributed by atoms with Gasteiger partial charge < -0.3 is 19.5 Å². The van der Waals surface area contributed by atoms with Crippen LogP contribution in [0.15, 0.2) is 36.4 Å². The number of rotatable bonds is 5. The fourth-order valence-electron chi connectivity index (χ4n) is 2.19. The number of hydrogen-bond donors (Lipinski definition) is 1. The van der Waals surface area contributed by atoms with E-state index in [9.17, 15) is 4.79 Å². The number of hydrogen-bond acceptors (Lipinski definition) is 4. The number of carbonyl (C=O) groups excluding carboxylic acids is 1. The summed E-state index contributed by atoms with van der Waals surface area (Å²) >= 11 is 0. The smallest absolute Gasteiger partial charge is 0.255 e. The molecule has 0 saturated heterocycles. The third-order valence-corrected chi connectivity index (χ3v) is 3.38. The number of amides is 1. The summed E-state index contributed by atoms with van der Waals surface area (Å²) in [6.07, 6.45) is 0. The van der Waals surface area contributed by atoms with Crippen LogP contribution in [0.3, 0.4) is 0 Å². The van der Waals surface area contributed by atoms with E-state index in [-0.39, 0.29) is 5.91 Å². The van der Waals surface area contributed by atoms with Gasteiger partial charge >= 0.3 is 0 Å². The molecule has 2 rings (SSSR count). The van der Waals surface area contributed by atoms with Crippen molar-refractivity contribution in [1.29, 1.82) is 0 Å². The molecule has 0 aliphatic carbocycles. The van der Waals surface area contributed by atoms with Crippen LogP contribution >= 0.6 is 0 Å². The molecule has 0 saturated carbocycles. The van der Waals surface area contributed by atoms with Gasteiger partial charge in [-0.1, -0.05) is 0 Å². The van der Waals surface area contributed by atoms with Crippen molar-refractivity contribution in [2.24, 2.45) is 0 Å². The molecule has 0 atom stereocenters. The lowest BCUT2D eigenvalue weighted by Gasteiger charge is -2.15. The van der Waals surface area contributed by atoms with Crippen molar-refractivity contribution in [2.45, 2.75) is 6.92 Å². The van der Waals surface area contributed by atoms with Crippen LogP contribution in [0.1, 0.15) is 15.9 Å². The zero-order valence-corrected chi connectivity index (χ0v) is 13.1. The third-order valence-electron chi connectivity index (χ3n) is 3.38. The van der Waals surface area contributed by atoms with Crippen LogP contribution < -0.4 is 19.5 Å². The Hall–Kier alpha value is -2.69. The fraction of sp³-hybridized carbons (Fsp3) is 0.235. The van der Waals surface area contributed by atoms with Gasteiger partial charge in [0.2, 0.25) is 0 Å². The minimum Gasteiger partial charge on any atom is -0.497 e. The van der Waals surface area contributed by atoms with E-state index in [1.807, 2.05) is 6.92 Å². The molecule has 0 unspecified atom stereocenters. The SMILES string of the molecule is COc1ccc(C(=O)Nc2ccc(OC)c(C)c2OC)cc1. The largest absolute Gasteiger partial charge is 0.497 e. The van der Waals surface area contributed by atoms with E-state index in [1.54, 1.807) is 57.7 Å². The summed E-state index contributed by atoms with van der Waals surface area (Å²) in [6, 6.07) is 10.4. The highest BCUT2D eigenvalue weighted by Crippen LogP contribution is 2.35. The van der Waals surface area contributed by atoms with Gasteiger partial charge in [0, 0.05) is 11.1 Å². The summed E-state index contributed by atoms with van der Waals surface area (Å²) in [7, 11) is 4.74. The Morgan fingerprint density at radius 3 is 2.14 bits per heavy atom. The average Bonchev–Trinajstić information content (AvgIpc) is 2.55. The third kappa shape index (κ3) is 3.14. The molecule has 0 bridgehead atoms. The van der Waals surface area contributed by atoms with Crippen molar-refractivity contribution in [3.8, 4) is 17.2 Å². The highest BCUT2D eigenvalue weighted by molar-refractivity contribution is 6.05. The Bertz CT molecular complexity index is 665. The van der Waals surface area contributed by atoms with Crippen LogP contribution in [-0.2, 0) is 0 Å². The number of carbonyl (C=O) groups is 1. The van der Waals surface area contributed by atoms with E-state index in [0.717, 1.165) is 5.56 Å². The number of anilines is 1. The van der Waals surface area contributed by atoms with Crippen molar-refractivity contribution in [2.75, 3.05) is 26.6 Å². The molecular formula is C17H19NO4. The molecule has 0 spiro atoms. The van der Waals surface area contributed by atoms with Gasteiger partial charge in [-0.05, 0) is 43.3 Å². The van der Waals surface area contributed by atoms with Gasteiger partial charge in [-0.15, -0.1) is 0 Å². The van der Waals surface area contributed by atoms with Gasteiger partial charge in [-0.25, -0.2) is 0 Å². The van der Waals surface area contributed by atoms with Gasteiger partial charge in [0.25, 0.3) is 5.91 Å². The van der Waals surface area contributed by atoms with E-state index in [4.69, 9.17) is 14.2 Å². The molecule has 0 fully saturated rings. The molecule has 0 aliphatic rings. The Labute approximate surface area is 129 Å². The second kappa shape index (κ2) is 6.85. The maximum atomic E-state index is 12.3. The number of methoxy groups -OCH3 is 3. The predicted molar refractivity (Wildman–Crippen MR) is 85.2 cm³/mol. The summed E-state index contributed by atoms with van der Waals surface area (Å²) in [5, 5.41) is 2.85. The van der Waals surface area contributed by atoms with Gasteiger partial charge in [-0.2, -0.15) is 0 Å². The average molecular weight is 301 g/mol. The standard InChI is InChI=1S/C17H19NO4/c1-11-15(21-3)10-9-14(16(11)22-4)18-17(19)12-5-7-13(20-2)8-6-12/h5-10H,1-4H3,(H,18,19). The first kappa shape index (κ1) is 15.7. The van der Waals surface area contributed by atoms with E-state index < -0.39 is 0 Å². The summed E-state index contributed by atoms with van der Waals surface area (Å²) in [5.74, 6) is 1.78. The first-order chi connectivity index (χ1) is 10.6. The lowest BCUT2D eigenvalue weighted by molar-refractivity contribution is 0.102. The Morgan fingerprint density at radius 1 is 0.909 bits per heavy atom. The summed E-state index contributed by atoms with van der Waals surface area (Å²) in [6.45, 7) is 1.88. The zero-order chi connectivity index (χ0) is 16.1. The molecule has 0 heterocycles. The topological polar surface area (TPSA) is 56.8 Å². The molecule has 22 heavy (non-hydrogen) atoms. The fourth-order valence-corrected chi connectivity index (χ4v) is 2.19. The molecule has 1 amide bonds. The maximum Gasteiger partial charge on any atom is 0.255 e. The molecule has 2 aromatic carbocycles. The normalized spacial score (nSPS) is 10.0. The molecular weight excluding hydrogens is 282 g/mol. The summed E-state index contributed by atoms with van der Waals surface area (Å²) in [4.78, 5) is 12.3. The van der Waals surface area contributed by atoms with Crippen molar-refractivity contribution >= 4 is 11.6 Å². The predicted octanol–water partition coefficient (Wildman–Crippen LogP) is 3.27. The molecule has 0 aromatic heterocycles. The van der Waals surface area contributed by atoms with Crippen LogP contribution in [0.2, 0.25) is 0 Å². The highest BCUT2D eigenvalue weighted by atomic mass is 16.5. The van der Waals surface area contributed by atoms with Crippen LogP contribution in [0.5, 0.6) is 17.2 Å². The van der Waals surface area contributed by atoms with E-state index >= 15 is 0 Å². The first-order valence-electron chi connectivity index (χ1n) is 6.77. The van der Waals surface area contributed by atoms with E-state index in [1.165, 1.54) is 0 Å². The second-order valence-corrected chi connectivity index (χ2v) is 4.66. The van der Waals surface area contributed by atoms with Crippen LogP contribution in [0.25, 0.3) is 0 Å². The van der Waals surface area contributed by atoms with Crippen molar-refractivity contribution in [3.63, 3.8) is 0 Å². The van der Waals surface area contributed by atoms with E-state index in [0.29, 0.717) is 28.5 Å². The number of nitrogens with one attached hydrogen (secondary N) is 1.